The first-order valence-electron chi connectivity index (χ1n) is 7.57. The Bertz CT molecular complexity index is 657. The zero-order chi connectivity index (χ0) is 16.8. The van der Waals surface area contributed by atoms with Crippen molar-refractivity contribution in [3.8, 4) is 11.5 Å². The second-order valence-electron chi connectivity index (χ2n) is 5.30. The number of methoxy groups -OCH3 is 2. The highest BCUT2D eigenvalue weighted by Crippen LogP contribution is 2.27. The Morgan fingerprint density at radius 1 is 1.22 bits per heavy atom. The van der Waals surface area contributed by atoms with E-state index < -0.39 is 0 Å². The van der Waals surface area contributed by atoms with Crippen LogP contribution in [0.1, 0.15) is 28.2 Å². The van der Waals surface area contributed by atoms with Crippen LogP contribution in [0.2, 0.25) is 0 Å². The second-order valence-corrected chi connectivity index (χ2v) is 5.30. The molecular formula is C17H23N3O3. The number of carbonyl (C=O) groups is 1. The molecule has 0 spiro atoms. The first kappa shape index (κ1) is 16.9. The van der Waals surface area contributed by atoms with Crippen molar-refractivity contribution in [2.45, 2.75) is 26.8 Å². The lowest BCUT2D eigenvalue weighted by atomic mass is 10.1. The molecule has 1 heterocycles. The van der Waals surface area contributed by atoms with Gasteiger partial charge in [0.15, 0.2) is 0 Å². The summed E-state index contributed by atoms with van der Waals surface area (Å²) in [4.78, 5) is 12.4. The fourth-order valence-electron chi connectivity index (χ4n) is 2.50. The summed E-state index contributed by atoms with van der Waals surface area (Å²) >= 11 is 0. The van der Waals surface area contributed by atoms with Crippen molar-refractivity contribution >= 4 is 5.91 Å². The van der Waals surface area contributed by atoms with E-state index in [2.05, 4.69) is 10.4 Å². The monoisotopic (exact) mass is 317 g/mol. The van der Waals surface area contributed by atoms with Gasteiger partial charge in [0, 0.05) is 18.8 Å². The Kier molecular flexibility index (Phi) is 5.62. The van der Waals surface area contributed by atoms with Gasteiger partial charge in [-0.2, -0.15) is 5.10 Å². The van der Waals surface area contributed by atoms with E-state index in [9.17, 15) is 4.79 Å². The lowest BCUT2D eigenvalue weighted by Gasteiger charge is -2.13. The van der Waals surface area contributed by atoms with E-state index in [0.29, 0.717) is 23.6 Å². The zero-order valence-electron chi connectivity index (χ0n) is 14.0. The summed E-state index contributed by atoms with van der Waals surface area (Å²) in [7, 11) is 3.07. The number of benzene rings is 1. The standard InChI is InChI=1S/C17H23N3O3/c1-12-11-13(2)20(19-12)10-6-9-18-17(21)16-14(22-3)7-5-8-15(16)23-4/h5,7-8,11H,6,9-10H2,1-4H3,(H,18,21). The molecule has 0 bridgehead atoms. The summed E-state index contributed by atoms with van der Waals surface area (Å²) in [6.45, 7) is 5.32. The van der Waals surface area contributed by atoms with Crippen LogP contribution < -0.4 is 14.8 Å². The van der Waals surface area contributed by atoms with E-state index >= 15 is 0 Å². The van der Waals surface area contributed by atoms with Gasteiger partial charge in [-0.3, -0.25) is 9.48 Å². The summed E-state index contributed by atoms with van der Waals surface area (Å²) in [6, 6.07) is 7.32. The second kappa shape index (κ2) is 7.67. The third-order valence-corrected chi connectivity index (χ3v) is 3.59. The van der Waals surface area contributed by atoms with Crippen molar-refractivity contribution in [1.82, 2.24) is 15.1 Å². The van der Waals surface area contributed by atoms with Crippen molar-refractivity contribution in [3.63, 3.8) is 0 Å². The van der Waals surface area contributed by atoms with Crippen LogP contribution in [-0.2, 0) is 6.54 Å². The van der Waals surface area contributed by atoms with Crippen molar-refractivity contribution in [2.75, 3.05) is 20.8 Å². The van der Waals surface area contributed by atoms with Gasteiger partial charge in [0.25, 0.3) is 5.91 Å². The summed E-state index contributed by atoms with van der Waals surface area (Å²) in [5, 5.41) is 7.31. The van der Waals surface area contributed by atoms with Crippen LogP contribution >= 0.6 is 0 Å². The van der Waals surface area contributed by atoms with Crippen LogP contribution in [0.25, 0.3) is 0 Å². The van der Waals surface area contributed by atoms with E-state index in [-0.39, 0.29) is 5.91 Å². The predicted molar refractivity (Wildman–Crippen MR) is 88.2 cm³/mol. The van der Waals surface area contributed by atoms with Crippen molar-refractivity contribution in [2.24, 2.45) is 0 Å². The van der Waals surface area contributed by atoms with Gasteiger partial charge in [0.1, 0.15) is 17.1 Å². The molecule has 0 aliphatic rings. The van der Waals surface area contributed by atoms with Gasteiger partial charge in [-0.25, -0.2) is 0 Å². The van der Waals surface area contributed by atoms with E-state index in [1.165, 1.54) is 14.2 Å². The van der Waals surface area contributed by atoms with Gasteiger partial charge in [-0.05, 0) is 38.5 Å². The van der Waals surface area contributed by atoms with Crippen molar-refractivity contribution in [3.05, 3.63) is 41.2 Å². The van der Waals surface area contributed by atoms with Gasteiger partial charge in [0.05, 0.1) is 19.9 Å². The van der Waals surface area contributed by atoms with Crippen LogP contribution in [0.5, 0.6) is 11.5 Å². The number of nitrogens with one attached hydrogen (secondary N) is 1. The lowest BCUT2D eigenvalue weighted by Crippen LogP contribution is -2.26. The molecule has 0 unspecified atom stereocenters. The number of carbonyl (C=O) groups excluding carboxylic acids is 1. The molecule has 6 heteroatoms. The van der Waals surface area contributed by atoms with Gasteiger partial charge in [-0.15, -0.1) is 0 Å². The summed E-state index contributed by atoms with van der Waals surface area (Å²) in [5.41, 5.74) is 2.55. The molecule has 0 aliphatic carbocycles. The maximum atomic E-state index is 12.4. The van der Waals surface area contributed by atoms with Crippen LogP contribution in [0.4, 0.5) is 0 Å². The maximum Gasteiger partial charge on any atom is 0.258 e. The summed E-state index contributed by atoms with van der Waals surface area (Å²) in [5.74, 6) is 0.799. The number of hydrogen-bond donors (Lipinski definition) is 1. The molecule has 0 atom stereocenters. The molecule has 124 valence electrons. The molecule has 2 rings (SSSR count). The molecule has 23 heavy (non-hydrogen) atoms. The molecule has 2 aromatic rings. The highest BCUT2D eigenvalue weighted by molar-refractivity contribution is 5.99. The minimum Gasteiger partial charge on any atom is -0.496 e. The third-order valence-electron chi connectivity index (χ3n) is 3.59. The molecule has 1 N–H and O–H groups in total. The van der Waals surface area contributed by atoms with E-state index in [4.69, 9.17) is 9.47 Å². The van der Waals surface area contributed by atoms with Crippen LogP contribution in [0, 0.1) is 13.8 Å². The predicted octanol–water partition coefficient (Wildman–Crippen LogP) is 2.34. The lowest BCUT2D eigenvalue weighted by molar-refractivity contribution is 0.0946. The van der Waals surface area contributed by atoms with Crippen molar-refractivity contribution in [1.29, 1.82) is 0 Å². The molecule has 1 aromatic heterocycles. The quantitative estimate of drug-likeness (QED) is 0.796. The van der Waals surface area contributed by atoms with E-state index in [1.807, 2.05) is 24.6 Å². The molecule has 0 saturated heterocycles. The highest BCUT2D eigenvalue weighted by Gasteiger charge is 2.17. The van der Waals surface area contributed by atoms with Crippen LogP contribution in [0.15, 0.2) is 24.3 Å². The SMILES string of the molecule is COc1cccc(OC)c1C(=O)NCCCn1nc(C)cc1C. The topological polar surface area (TPSA) is 65.4 Å². The summed E-state index contributed by atoms with van der Waals surface area (Å²) < 4.78 is 12.4. The molecule has 0 saturated carbocycles. The minimum atomic E-state index is -0.201. The van der Waals surface area contributed by atoms with Gasteiger partial charge < -0.3 is 14.8 Å². The summed E-state index contributed by atoms with van der Waals surface area (Å²) in [6.07, 6.45) is 0.797. The largest absolute Gasteiger partial charge is 0.496 e. The minimum absolute atomic E-state index is 0.201. The molecular weight excluding hydrogens is 294 g/mol. The number of hydrogen-bond acceptors (Lipinski definition) is 4. The fraction of sp³-hybridized carbons (Fsp3) is 0.412. The van der Waals surface area contributed by atoms with Crippen LogP contribution in [-0.4, -0.2) is 36.5 Å². The van der Waals surface area contributed by atoms with E-state index in [1.54, 1.807) is 18.2 Å². The van der Waals surface area contributed by atoms with Crippen molar-refractivity contribution < 1.29 is 14.3 Å². The molecule has 0 aliphatic heterocycles. The Balaban J connectivity index is 1.94. The number of aromatic nitrogens is 2. The average Bonchev–Trinajstić information content (AvgIpc) is 2.88. The number of aryl methyl sites for hydroxylation is 3. The Morgan fingerprint density at radius 3 is 2.39 bits per heavy atom. The Labute approximate surface area is 136 Å². The van der Waals surface area contributed by atoms with Crippen LogP contribution in [0.3, 0.4) is 0 Å². The molecule has 0 radical (unpaired) electrons. The first-order valence-corrected chi connectivity index (χ1v) is 7.57. The number of nitrogens with zero attached hydrogens (tertiary/aromatic N) is 2. The average molecular weight is 317 g/mol. The van der Waals surface area contributed by atoms with E-state index in [0.717, 1.165) is 24.4 Å². The fourth-order valence-corrected chi connectivity index (χ4v) is 2.50. The number of ether oxygens (including phenoxy) is 2. The molecule has 0 fully saturated rings. The zero-order valence-corrected chi connectivity index (χ0v) is 14.0. The Morgan fingerprint density at radius 2 is 1.87 bits per heavy atom. The smallest absolute Gasteiger partial charge is 0.258 e. The third kappa shape index (κ3) is 4.03. The number of amides is 1. The molecule has 1 amide bonds. The van der Waals surface area contributed by atoms with Gasteiger partial charge in [0.2, 0.25) is 0 Å². The Hall–Kier alpha value is -2.50. The molecule has 6 nitrogen and oxygen atoms in total. The molecule has 1 aromatic carbocycles. The maximum absolute atomic E-state index is 12.4. The normalized spacial score (nSPS) is 10.4. The number of rotatable bonds is 7. The van der Waals surface area contributed by atoms with Gasteiger partial charge in [-0.1, -0.05) is 6.07 Å². The van der Waals surface area contributed by atoms with Gasteiger partial charge >= 0.3 is 0 Å². The highest BCUT2D eigenvalue weighted by atomic mass is 16.5. The first-order chi connectivity index (χ1) is 11.1.